The molecule has 0 bridgehead atoms. The monoisotopic (exact) mass is 403 g/mol. The molecule has 1 aliphatic heterocycles. The van der Waals surface area contributed by atoms with Gasteiger partial charge in [-0.15, -0.1) is 12.4 Å². The third-order valence-electron chi connectivity index (χ3n) is 5.37. The van der Waals surface area contributed by atoms with Gasteiger partial charge in [0.1, 0.15) is 5.75 Å². The SMILES string of the molecule is CCCN1C[C@@H](NS(=O)(=O)NCC)C[C@@H]2Cc3c(O)cccc3C[C@H]21.Cl. The standard InChI is InChI=1S/C18H29N3O3S.ClH/c1-3-8-21-12-15(20-25(23,24)19-4-2)9-14-10-16-13(11-17(14)21)6-5-7-18(16)22;/h5-7,14-15,17,19-20,22H,3-4,8-12H2,1-2H3;1H/t14-,15+,17-;/m1./s1. The third kappa shape index (κ3) is 4.70. The zero-order valence-corrected chi connectivity index (χ0v) is 17.1. The Labute approximate surface area is 163 Å². The number of aromatic hydroxyl groups is 1. The fourth-order valence-corrected chi connectivity index (χ4v) is 5.52. The quantitative estimate of drug-likeness (QED) is 0.676. The van der Waals surface area contributed by atoms with Crippen molar-refractivity contribution in [3.63, 3.8) is 0 Å². The van der Waals surface area contributed by atoms with Gasteiger partial charge in [-0.25, -0.2) is 4.72 Å². The molecular formula is C18H30ClN3O3S. The number of hydrogen-bond donors (Lipinski definition) is 3. The van der Waals surface area contributed by atoms with E-state index in [-0.39, 0.29) is 18.4 Å². The maximum Gasteiger partial charge on any atom is 0.277 e. The first-order chi connectivity index (χ1) is 11.9. The van der Waals surface area contributed by atoms with Crippen LogP contribution in [0, 0.1) is 5.92 Å². The Kier molecular flexibility index (Phi) is 7.33. The zero-order chi connectivity index (χ0) is 18.0. The lowest BCUT2D eigenvalue weighted by Crippen LogP contribution is -2.59. The van der Waals surface area contributed by atoms with Gasteiger partial charge in [-0.2, -0.15) is 13.1 Å². The number of phenolic OH excluding ortho intramolecular Hbond substituents is 1. The molecule has 0 aromatic heterocycles. The number of hydrogen-bond acceptors (Lipinski definition) is 4. The van der Waals surface area contributed by atoms with E-state index >= 15 is 0 Å². The van der Waals surface area contributed by atoms with Crippen LogP contribution in [0.1, 0.15) is 37.8 Å². The van der Waals surface area contributed by atoms with Crippen molar-refractivity contribution in [2.24, 2.45) is 5.92 Å². The minimum atomic E-state index is -3.45. The molecule has 1 aromatic rings. The molecular weight excluding hydrogens is 374 g/mol. The predicted molar refractivity (Wildman–Crippen MR) is 106 cm³/mol. The molecule has 0 amide bonds. The first-order valence-electron chi connectivity index (χ1n) is 9.24. The van der Waals surface area contributed by atoms with Crippen LogP contribution in [0.2, 0.25) is 0 Å². The van der Waals surface area contributed by atoms with Crippen molar-refractivity contribution in [1.29, 1.82) is 0 Å². The van der Waals surface area contributed by atoms with Gasteiger partial charge in [-0.3, -0.25) is 4.90 Å². The van der Waals surface area contributed by atoms with Crippen molar-refractivity contribution in [3.05, 3.63) is 29.3 Å². The van der Waals surface area contributed by atoms with E-state index in [2.05, 4.69) is 27.3 Å². The summed E-state index contributed by atoms with van der Waals surface area (Å²) in [7, 11) is -3.45. The Morgan fingerprint density at radius 1 is 1.27 bits per heavy atom. The summed E-state index contributed by atoms with van der Waals surface area (Å²) >= 11 is 0. The third-order valence-corrected chi connectivity index (χ3v) is 6.68. The van der Waals surface area contributed by atoms with E-state index in [0.717, 1.165) is 44.3 Å². The molecule has 3 atom stereocenters. The molecule has 8 heteroatoms. The highest BCUT2D eigenvalue weighted by Gasteiger charge is 2.40. The van der Waals surface area contributed by atoms with Crippen molar-refractivity contribution in [2.75, 3.05) is 19.6 Å². The normalized spacial score (nSPS) is 25.8. The molecule has 2 aliphatic rings. The molecule has 1 aromatic carbocycles. The topological polar surface area (TPSA) is 81.7 Å². The molecule has 6 nitrogen and oxygen atoms in total. The highest BCUT2D eigenvalue weighted by Crippen LogP contribution is 2.38. The lowest BCUT2D eigenvalue weighted by molar-refractivity contribution is 0.0682. The summed E-state index contributed by atoms with van der Waals surface area (Å²) in [5.41, 5.74) is 2.27. The number of benzene rings is 1. The number of fused-ring (bicyclic) bond motifs is 2. The van der Waals surface area contributed by atoms with E-state index in [9.17, 15) is 13.5 Å². The second-order valence-electron chi connectivity index (χ2n) is 7.20. The summed E-state index contributed by atoms with van der Waals surface area (Å²) in [4.78, 5) is 2.43. The molecule has 1 fully saturated rings. The van der Waals surface area contributed by atoms with E-state index in [1.807, 2.05) is 6.07 Å². The fraction of sp³-hybridized carbons (Fsp3) is 0.667. The first-order valence-corrected chi connectivity index (χ1v) is 10.7. The summed E-state index contributed by atoms with van der Waals surface area (Å²) in [6.45, 7) is 6.03. The Balaban J connectivity index is 0.00000243. The molecule has 0 spiro atoms. The largest absolute Gasteiger partial charge is 0.508 e. The van der Waals surface area contributed by atoms with Crippen LogP contribution in [-0.2, 0) is 23.1 Å². The Bertz CT molecular complexity index is 714. The zero-order valence-electron chi connectivity index (χ0n) is 15.4. The van der Waals surface area contributed by atoms with Crippen LogP contribution >= 0.6 is 12.4 Å². The minimum absolute atomic E-state index is 0. The van der Waals surface area contributed by atoms with Crippen molar-refractivity contribution in [1.82, 2.24) is 14.3 Å². The van der Waals surface area contributed by atoms with Gasteiger partial charge in [-0.05, 0) is 55.3 Å². The maximum atomic E-state index is 12.1. The number of nitrogens with one attached hydrogen (secondary N) is 2. The average Bonchev–Trinajstić information content (AvgIpc) is 2.54. The van der Waals surface area contributed by atoms with E-state index in [1.54, 1.807) is 13.0 Å². The predicted octanol–water partition coefficient (Wildman–Crippen LogP) is 1.83. The van der Waals surface area contributed by atoms with Crippen LogP contribution in [0.25, 0.3) is 0 Å². The fourth-order valence-electron chi connectivity index (χ4n) is 4.45. The Hall–Kier alpha value is -0.860. The summed E-state index contributed by atoms with van der Waals surface area (Å²) in [6, 6.07) is 6.10. The highest BCUT2D eigenvalue weighted by atomic mass is 35.5. The summed E-state index contributed by atoms with van der Waals surface area (Å²) in [6.07, 6.45) is 3.60. The van der Waals surface area contributed by atoms with E-state index in [1.165, 1.54) is 5.56 Å². The van der Waals surface area contributed by atoms with Gasteiger partial charge >= 0.3 is 0 Å². The Morgan fingerprint density at radius 3 is 2.73 bits per heavy atom. The van der Waals surface area contributed by atoms with Crippen molar-refractivity contribution < 1.29 is 13.5 Å². The molecule has 0 unspecified atom stereocenters. The van der Waals surface area contributed by atoms with Crippen LogP contribution in [0.15, 0.2) is 18.2 Å². The van der Waals surface area contributed by atoms with Gasteiger partial charge in [0.05, 0.1) is 0 Å². The molecule has 148 valence electrons. The molecule has 0 saturated carbocycles. The summed E-state index contributed by atoms with van der Waals surface area (Å²) in [5.74, 6) is 0.726. The van der Waals surface area contributed by atoms with Crippen LogP contribution in [0.5, 0.6) is 5.75 Å². The van der Waals surface area contributed by atoms with Crippen molar-refractivity contribution >= 4 is 22.6 Å². The smallest absolute Gasteiger partial charge is 0.277 e. The van der Waals surface area contributed by atoms with Gasteiger partial charge in [-0.1, -0.05) is 26.0 Å². The van der Waals surface area contributed by atoms with Gasteiger partial charge < -0.3 is 5.11 Å². The number of likely N-dealkylation sites (tertiary alicyclic amines) is 1. The van der Waals surface area contributed by atoms with Crippen molar-refractivity contribution in [3.8, 4) is 5.75 Å². The second kappa shape index (κ2) is 8.89. The molecule has 3 N–H and O–H groups in total. The van der Waals surface area contributed by atoms with Gasteiger partial charge in [0.15, 0.2) is 0 Å². The number of halogens is 1. The summed E-state index contributed by atoms with van der Waals surface area (Å²) in [5, 5.41) is 10.2. The van der Waals surface area contributed by atoms with Crippen LogP contribution in [-0.4, -0.2) is 50.1 Å². The van der Waals surface area contributed by atoms with E-state index in [0.29, 0.717) is 24.3 Å². The molecule has 26 heavy (non-hydrogen) atoms. The minimum Gasteiger partial charge on any atom is -0.508 e. The second-order valence-corrected chi connectivity index (χ2v) is 8.73. The van der Waals surface area contributed by atoms with Crippen molar-refractivity contribution in [2.45, 2.75) is 51.6 Å². The molecule has 3 rings (SSSR count). The first kappa shape index (κ1) is 21.4. The lowest BCUT2D eigenvalue weighted by atomic mass is 9.74. The number of piperidine rings is 1. The highest BCUT2D eigenvalue weighted by molar-refractivity contribution is 7.87. The van der Waals surface area contributed by atoms with E-state index in [4.69, 9.17) is 0 Å². The molecule has 1 heterocycles. The van der Waals surface area contributed by atoms with Crippen LogP contribution in [0.3, 0.4) is 0 Å². The summed E-state index contributed by atoms with van der Waals surface area (Å²) < 4.78 is 29.5. The lowest BCUT2D eigenvalue weighted by Gasteiger charge is -2.47. The van der Waals surface area contributed by atoms with Gasteiger partial charge in [0.25, 0.3) is 10.2 Å². The Morgan fingerprint density at radius 2 is 2.04 bits per heavy atom. The van der Waals surface area contributed by atoms with Gasteiger partial charge in [0.2, 0.25) is 0 Å². The average molecular weight is 404 g/mol. The van der Waals surface area contributed by atoms with E-state index < -0.39 is 10.2 Å². The number of phenols is 1. The van der Waals surface area contributed by atoms with Crippen LogP contribution < -0.4 is 9.44 Å². The maximum absolute atomic E-state index is 12.1. The molecule has 1 saturated heterocycles. The molecule has 0 radical (unpaired) electrons. The number of rotatable bonds is 6. The molecule has 1 aliphatic carbocycles. The van der Waals surface area contributed by atoms with Gasteiger partial charge in [0, 0.05) is 25.2 Å². The van der Waals surface area contributed by atoms with Crippen LogP contribution in [0.4, 0.5) is 0 Å². The number of nitrogens with zero attached hydrogens (tertiary/aromatic N) is 1.